The van der Waals surface area contributed by atoms with Gasteiger partial charge in [-0.3, -0.25) is 9.48 Å². The number of carbonyl (C=O) groups is 2. The van der Waals surface area contributed by atoms with Crippen LogP contribution in [-0.2, 0) is 48.8 Å². The van der Waals surface area contributed by atoms with E-state index >= 15 is 0 Å². The molecule has 3 amide bonds. The van der Waals surface area contributed by atoms with E-state index in [2.05, 4.69) is 56.9 Å². The fourth-order valence-corrected chi connectivity index (χ4v) is 13.7. The summed E-state index contributed by atoms with van der Waals surface area (Å²) in [6.07, 6.45) is 23.1. The Morgan fingerprint density at radius 2 is 1.82 bits per heavy atom. The van der Waals surface area contributed by atoms with Gasteiger partial charge in [0.1, 0.15) is 23.6 Å². The smallest absolute Gasteiger partial charge is 0.442 e. The van der Waals surface area contributed by atoms with Gasteiger partial charge in [0, 0.05) is 61.5 Å². The lowest BCUT2D eigenvalue weighted by Crippen LogP contribution is -2.66. The van der Waals surface area contributed by atoms with Gasteiger partial charge in [-0.25, -0.2) is 4.79 Å². The summed E-state index contributed by atoms with van der Waals surface area (Å²) < 4.78 is 77.7. The Bertz CT molecular complexity index is 2480. The number of aryl methyl sites for hydroxylation is 2. The van der Waals surface area contributed by atoms with E-state index < -0.39 is 34.7 Å². The molecule has 2 aromatic rings. The maximum Gasteiger partial charge on any atom is 0.442 e. The number of rotatable bonds is 25. The lowest BCUT2D eigenvalue weighted by molar-refractivity contribution is -0.314. The fourth-order valence-electron chi connectivity index (χ4n) is 12.1. The summed E-state index contributed by atoms with van der Waals surface area (Å²) in [7, 11) is 0. The van der Waals surface area contributed by atoms with Crippen LogP contribution in [0.2, 0.25) is 0 Å². The first kappa shape index (κ1) is 57.1. The van der Waals surface area contributed by atoms with Gasteiger partial charge in [-0.1, -0.05) is 92.0 Å². The van der Waals surface area contributed by atoms with Gasteiger partial charge in [0.15, 0.2) is 0 Å². The first-order valence-corrected chi connectivity index (χ1v) is 29.1. The number of hydrogen-bond acceptors (Lipinski definition) is 13. The van der Waals surface area contributed by atoms with Gasteiger partial charge < -0.3 is 44.7 Å². The molecule has 77 heavy (non-hydrogen) atoms. The van der Waals surface area contributed by atoms with E-state index in [4.69, 9.17) is 23.7 Å². The van der Waals surface area contributed by atoms with Crippen molar-refractivity contribution in [2.75, 3.05) is 18.9 Å². The molecular formula is C57H79F3N8O8S. The van der Waals surface area contributed by atoms with Crippen LogP contribution in [0.15, 0.2) is 83.7 Å². The molecule has 12 atom stereocenters. The molecule has 0 radical (unpaired) electrons. The Hall–Kier alpha value is -4.60. The number of carbonyl (C=O) groups excluding carboxylic acids is 2. The zero-order chi connectivity index (χ0) is 54.3. The molecule has 7 aliphatic rings. The molecular weight excluding hydrogens is 1010 g/mol. The summed E-state index contributed by atoms with van der Waals surface area (Å²) in [5.74, 6) is 1.39. The van der Waals surface area contributed by atoms with Gasteiger partial charge in [0.25, 0.3) is 0 Å². The molecule has 0 bridgehead atoms. The zero-order valence-corrected chi connectivity index (χ0v) is 45.7. The molecule has 5 saturated heterocycles. The van der Waals surface area contributed by atoms with E-state index in [0.717, 1.165) is 100 Å². The Morgan fingerprint density at radius 1 is 1.01 bits per heavy atom. The van der Waals surface area contributed by atoms with E-state index in [1.54, 1.807) is 23.7 Å². The summed E-state index contributed by atoms with van der Waals surface area (Å²) in [6, 6.07) is 4.87. The van der Waals surface area contributed by atoms with E-state index in [9.17, 15) is 27.9 Å². The molecule has 16 nitrogen and oxygen atoms in total. The van der Waals surface area contributed by atoms with Crippen molar-refractivity contribution in [3.63, 3.8) is 0 Å². The van der Waals surface area contributed by atoms with Crippen LogP contribution in [-0.4, -0.2) is 128 Å². The van der Waals surface area contributed by atoms with Crippen molar-refractivity contribution >= 4 is 23.7 Å². The van der Waals surface area contributed by atoms with Crippen LogP contribution in [0.25, 0.3) is 0 Å². The lowest BCUT2D eigenvalue weighted by Gasteiger charge is -2.56. The van der Waals surface area contributed by atoms with Crippen LogP contribution < -0.4 is 20.7 Å². The maximum absolute atomic E-state index is 14.1. The number of thioether (sulfide) groups is 1. The summed E-state index contributed by atoms with van der Waals surface area (Å²) in [5.41, 5.74) is -3.62. The van der Waals surface area contributed by atoms with Crippen LogP contribution in [0.5, 0.6) is 5.75 Å². The van der Waals surface area contributed by atoms with E-state index in [-0.39, 0.29) is 60.1 Å². The Labute approximate surface area is 455 Å². The number of alkyl halides is 3. The molecule has 20 heteroatoms. The predicted molar refractivity (Wildman–Crippen MR) is 286 cm³/mol. The number of nitrogens with one attached hydrogen (secondary N) is 3. The third-order valence-corrected chi connectivity index (χ3v) is 17.9. The lowest BCUT2D eigenvalue weighted by atomic mass is 9.74. The van der Waals surface area contributed by atoms with Crippen LogP contribution in [0.1, 0.15) is 140 Å². The average Bonchev–Trinajstić information content (AvgIpc) is 3.96. The van der Waals surface area contributed by atoms with Gasteiger partial charge >= 0.3 is 17.9 Å². The van der Waals surface area contributed by atoms with Crippen LogP contribution >= 0.6 is 11.8 Å². The van der Waals surface area contributed by atoms with Crippen molar-refractivity contribution in [3.8, 4) is 5.75 Å². The molecule has 0 unspecified atom stereocenters. The number of unbranched alkanes of at least 4 members (excludes halogenated alkanes) is 6. The third kappa shape index (κ3) is 14.1. The van der Waals surface area contributed by atoms with Crippen LogP contribution in [0, 0.1) is 0 Å². The highest BCUT2D eigenvalue weighted by Gasteiger charge is 2.65. The number of aromatic nitrogens is 3. The fraction of sp³-hybridized carbons (Fsp3) is 0.684. The standard InChI is InChI=1S/C57H79F3N8O8S/c1-5-6-7-10-13-21-47-53(2,71)28-26-43-45(73-47)34-49-55(4,76-43)37-54(3)48(74-49)22-18-19-41(75-54)33-40-35-68(67-64-40)30-27-38-24-25-39(56(65-66-56)57(58,59)60)32-44(38)72-31-17-12-9-8-11-16-29-61-50(69)23-15-14-20-46-51-42(36-77-46)62-52(70)63-51/h5,7,10,13,21,24-26,28,32,35,41-43,45-49,51,71H,1,6,8-9,11-12,14-20,22-23,27,29-31,33-34,36-37H2,2-4H3,(H,61,69)(H2,62,63,70)/b10-7-,21-13-/t41-,42+,43-,45+,46+,47-,48+,49-,51+,53+,54-,55+/m1/s1. The number of aliphatic hydroxyl groups is 1. The normalized spacial score (nSPS) is 33.1. The number of nitrogens with zero attached hydrogens (tertiary/aromatic N) is 5. The molecule has 0 spiro atoms. The van der Waals surface area contributed by atoms with Gasteiger partial charge in [0.05, 0.1) is 60.0 Å². The number of benzene rings is 1. The van der Waals surface area contributed by atoms with Gasteiger partial charge in [-0.2, -0.15) is 24.9 Å². The van der Waals surface area contributed by atoms with Gasteiger partial charge in [-0.05, 0) is 90.2 Å². The van der Waals surface area contributed by atoms with Crippen molar-refractivity contribution < 1.29 is 51.6 Å². The molecule has 1 aromatic heterocycles. The van der Waals surface area contributed by atoms with Crippen molar-refractivity contribution in [3.05, 3.63) is 90.3 Å². The number of allylic oxidation sites excluding steroid dienone is 4. The molecule has 0 aliphatic carbocycles. The summed E-state index contributed by atoms with van der Waals surface area (Å²) in [6.45, 7) is 11.2. The molecule has 7 aliphatic heterocycles. The minimum Gasteiger partial charge on any atom is -0.493 e. The summed E-state index contributed by atoms with van der Waals surface area (Å²) in [4.78, 5) is 24.0. The van der Waals surface area contributed by atoms with Crippen LogP contribution in [0.3, 0.4) is 0 Å². The third-order valence-electron chi connectivity index (χ3n) is 16.4. The minimum absolute atomic E-state index is 0.0699. The average molecular weight is 1090 g/mol. The van der Waals surface area contributed by atoms with E-state index in [1.165, 1.54) is 12.1 Å². The van der Waals surface area contributed by atoms with Crippen molar-refractivity contribution in [1.29, 1.82) is 0 Å². The van der Waals surface area contributed by atoms with Gasteiger partial charge in [-0.15, -0.1) is 21.9 Å². The summed E-state index contributed by atoms with van der Waals surface area (Å²) in [5, 5.41) is 36.6. The molecule has 0 saturated carbocycles. The highest BCUT2D eigenvalue weighted by Crippen LogP contribution is 2.53. The second kappa shape index (κ2) is 24.8. The SMILES string of the molecule is C=CC/C=C\C=C/[C@H]1O[C@H]2C[C@H]3O[C@H]4CCC[C@H](Cc5cn(CCc6ccc(C7(C(F)(F)F)N=N7)cc6OCCCCCCCCNC(=O)CCCC[C@@H]6SC[C@@H]7NC(=O)N[C@@H]76)nn5)O[C@]4(C)C[C@]3(C)O[C@@H]2C=C[C@]1(C)O. The Balaban J connectivity index is 0.713. The first-order chi connectivity index (χ1) is 37.0. The number of urea groups is 1. The molecule has 422 valence electrons. The van der Waals surface area contributed by atoms with E-state index in [1.807, 2.05) is 54.4 Å². The molecule has 4 N–H and O–H groups in total. The van der Waals surface area contributed by atoms with Crippen LogP contribution in [0.4, 0.5) is 18.0 Å². The molecule has 1 aromatic carbocycles. The topological polar surface area (TPSA) is 192 Å². The number of halogens is 3. The predicted octanol–water partition coefficient (Wildman–Crippen LogP) is 9.60. The largest absolute Gasteiger partial charge is 0.493 e. The molecule has 8 heterocycles. The zero-order valence-electron chi connectivity index (χ0n) is 44.9. The highest BCUT2D eigenvalue weighted by atomic mass is 32.2. The first-order valence-electron chi connectivity index (χ1n) is 28.1. The van der Waals surface area contributed by atoms with Gasteiger partial charge in [0.2, 0.25) is 5.91 Å². The number of hydrogen-bond donors (Lipinski definition) is 4. The number of amides is 3. The summed E-state index contributed by atoms with van der Waals surface area (Å²) >= 11 is 1.89. The van der Waals surface area contributed by atoms with E-state index in [0.29, 0.717) is 62.8 Å². The highest BCUT2D eigenvalue weighted by molar-refractivity contribution is 8.00. The van der Waals surface area contributed by atoms with Crippen molar-refractivity contribution in [2.45, 2.75) is 225 Å². The Morgan fingerprint density at radius 3 is 2.62 bits per heavy atom. The monoisotopic (exact) mass is 1090 g/mol. The minimum atomic E-state index is -4.66. The quantitative estimate of drug-likeness (QED) is 0.0320. The maximum atomic E-state index is 14.1. The number of ether oxygens (including phenoxy) is 5. The van der Waals surface area contributed by atoms with Crippen molar-refractivity contribution in [1.82, 2.24) is 30.9 Å². The number of fused-ring (bicyclic) bond motifs is 4. The molecule has 9 rings (SSSR count). The molecule has 5 fully saturated rings. The van der Waals surface area contributed by atoms with Crippen molar-refractivity contribution in [2.24, 2.45) is 10.2 Å². The Kier molecular flexibility index (Phi) is 18.4. The second-order valence-corrected chi connectivity index (χ2v) is 24.0. The second-order valence-electron chi connectivity index (χ2n) is 22.7.